The molecule has 1 heterocycles. The average Bonchev–Trinajstić information content (AvgIpc) is 2.35. The first-order valence-electron chi connectivity index (χ1n) is 7.91. The van der Waals surface area contributed by atoms with Crippen molar-refractivity contribution >= 4 is 5.91 Å². The van der Waals surface area contributed by atoms with Crippen molar-refractivity contribution in [3.63, 3.8) is 0 Å². The van der Waals surface area contributed by atoms with E-state index in [0.717, 1.165) is 64.2 Å². The fourth-order valence-corrected chi connectivity index (χ4v) is 2.66. The van der Waals surface area contributed by atoms with Gasteiger partial charge in [0, 0.05) is 19.5 Å². The van der Waals surface area contributed by atoms with Gasteiger partial charge in [0.2, 0.25) is 5.91 Å². The molecule has 0 aromatic rings. The highest BCUT2D eigenvalue weighted by molar-refractivity contribution is 5.76. The highest BCUT2D eigenvalue weighted by Crippen LogP contribution is 2.23. The Labute approximate surface area is 119 Å². The molecule has 0 radical (unpaired) electrons. The third kappa shape index (κ3) is 6.95. The summed E-state index contributed by atoms with van der Waals surface area (Å²) in [6.45, 7) is 13.0. The lowest BCUT2D eigenvalue weighted by atomic mass is 9.89. The Bertz CT molecular complexity index is 262. The number of hydrogen-bond donors (Lipinski definition) is 1. The van der Waals surface area contributed by atoms with E-state index in [2.05, 4.69) is 37.9 Å². The van der Waals surface area contributed by atoms with Gasteiger partial charge in [-0.15, -0.1) is 0 Å². The Morgan fingerprint density at radius 1 is 1.26 bits per heavy atom. The molecular weight excluding hydrogens is 236 g/mol. The molecule has 19 heavy (non-hydrogen) atoms. The van der Waals surface area contributed by atoms with Crippen molar-refractivity contribution in [1.29, 1.82) is 0 Å². The van der Waals surface area contributed by atoms with Crippen LogP contribution in [0.1, 0.15) is 59.8 Å². The quantitative estimate of drug-likeness (QED) is 0.803. The molecule has 1 aliphatic heterocycles. The van der Waals surface area contributed by atoms with Crippen LogP contribution >= 0.6 is 0 Å². The predicted molar refractivity (Wildman–Crippen MR) is 81.2 cm³/mol. The number of carbonyl (C=O) groups is 1. The van der Waals surface area contributed by atoms with Gasteiger partial charge in [-0.3, -0.25) is 4.79 Å². The highest BCUT2D eigenvalue weighted by Gasteiger charge is 2.22. The maximum Gasteiger partial charge on any atom is 0.222 e. The minimum Gasteiger partial charge on any atom is -0.343 e. The first kappa shape index (κ1) is 16.5. The lowest BCUT2D eigenvalue weighted by molar-refractivity contribution is -0.132. The van der Waals surface area contributed by atoms with Crippen LogP contribution in [0.4, 0.5) is 0 Å². The van der Waals surface area contributed by atoms with E-state index in [0.29, 0.717) is 11.3 Å². The number of nitrogens with one attached hydrogen (secondary N) is 1. The van der Waals surface area contributed by atoms with E-state index in [9.17, 15) is 4.79 Å². The standard InChI is InChI=1S/C16H32N2O/c1-5-17-13-14-8-11-18(12-9-14)15(19)7-6-10-16(2,3)4/h14,17H,5-13H2,1-4H3. The molecule has 1 N–H and O–H groups in total. The monoisotopic (exact) mass is 268 g/mol. The topological polar surface area (TPSA) is 32.3 Å². The van der Waals surface area contributed by atoms with E-state index in [4.69, 9.17) is 0 Å². The molecule has 0 aromatic heterocycles. The Balaban J connectivity index is 2.18. The van der Waals surface area contributed by atoms with Gasteiger partial charge in [-0.1, -0.05) is 27.7 Å². The van der Waals surface area contributed by atoms with Crippen molar-refractivity contribution in [1.82, 2.24) is 10.2 Å². The molecule has 0 aliphatic carbocycles. The minimum atomic E-state index is 0.346. The molecule has 3 nitrogen and oxygen atoms in total. The van der Waals surface area contributed by atoms with E-state index in [1.165, 1.54) is 0 Å². The molecule has 0 unspecified atom stereocenters. The number of hydrogen-bond acceptors (Lipinski definition) is 2. The number of piperidine rings is 1. The summed E-state index contributed by atoms with van der Waals surface area (Å²) < 4.78 is 0. The van der Waals surface area contributed by atoms with E-state index in [1.807, 2.05) is 0 Å². The van der Waals surface area contributed by atoms with Crippen LogP contribution in [-0.2, 0) is 4.79 Å². The summed E-state index contributed by atoms with van der Waals surface area (Å²) in [5, 5.41) is 3.41. The van der Waals surface area contributed by atoms with E-state index in [1.54, 1.807) is 0 Å². The smallest absolute Gasteiger partial charge is 0.222 e. The van der Waals surface area contributed by atoms with Gasteiger partial charge in [0.1, 0.15) is 0 Å². The fraction of sp³-hybridized carbons (Fsp3) is 0.938. The Morgan fingerprint density at radius 2 is 1.89 bits per heavy atom. The minimum absolute atomic E-state index is 0.346. The second-order valence-electron chi connectivity index (χ2n) is 7.05. The third-order valence-electron chi connectivity index (χ3n) is 3.97. The summed E-state index contributed by atoms with van der Waals surface area (Å²) in [5.74, 6) is 1.13. The molecule has 1 saturated heterocycles. The van der Waals surface area contributed by atoms with Crippen LogP contribution in [0.2, 0.25) is 0 Å². The normalized spacial score (nSPS) is 17.8. The Kier molecular flexibility index (Phi) is 6.84. The van der Waals surface area contributed by atoms with Gasteiger partial charge in [0.05, 0.1) is 0 Å². The molecular formula is C16H32N2O. The first-order valence-corrected chi connectivity index (χ1v) is 7.91. The molecule has 3 heteroatoms. The zero-order valence-electron chi connectivity index (χ0n) is 13.3. The van der Waals surface area contributed by atoms with Gasteiger partial charge in [0.15, 0.2) is 0 Å². The van der Waals surface area contributed by atoms with E-state index < -0.39 is 0 Å². The maximum absolute atomic E-state index is 12.1. The van der Waals surface area contributed by atoms with Gasteiger partial charge in [-0.25, -0.2) is 0 Å². The lowest BCUT2D eigenvalue weighted by Crippen LogP contribution is -2.40. The van der Waals surface area contributed by atoms with Gasteiger partial charge < -0.3 is 10.2 Å². The second kappa shape index (κ2) is 7.88. The molecule has 1 fully saturated rings. The lowest BCUT2D eigenvalue weighted by Gasteiger charge is -2.32. The Hall–Kier alpha value is -0.570. The number of carbonyl (C=O) groups excluding carboxylic acids is 1. The molecule has 0 atom stereocenters. The van der Waals surface area contributed by atoms with E-state index in [-0.39, 0.29) is 0 Å². The van der Waals surface area contributed by atoms with Crippen LogP contribution in [-0.4, -0.2) is 37.0 Å². The van der Waals surface area contributed by atoms with Crippen molar-refractivity contribution in [2.24, 2.45) is 11.3 Å². The zero-order valence-corrected chi connectivity index (χ0v) is 13.3. The molecule has 0 spiro atoms. The van der Waals surface area contributed by atoms with Crippen molar-refractivity contribution in [3.8, 4) is 0 Å². The van der Waals surface area contributed by atoms with E-state index >= 15 is 0 Å². The number of nitrogens with zero attached hydrogens (tertiary/aromatic N) is 1. The summed E-state index contributed by atoms with van der Waals surface area (Å²) in [7, 11) is 0. The summed E-state index contributed by atoms with van der Waals surface area (Å²) in [6, 6.07) is 0. The third-order valence-corrected chi connectivity index (χ3v) is 3.97. The van der Waals surface area contributed by atoms with Crippen LogP contribution in [0.5, 0.6) is 0 Å². The van der Waals surface area contributed by atoms with Crippen molar-refractivity contribution in [3.05, 3.63) is 0 Å². The van der Waals surface area contributed by atoms with Crippen molar-refractivity contribution < 1.29 is 4.79 Å². The van der Waals surface area contributed by atoms with Gasteiger partial charge >= 0.3 is 0 Å². The van der Waals surface area contributed by atoms with Crippen LogP contribution in [0, 0.1) is 11.3 Å². The van der Waals surface area contributed by atoms with Crippen LogP contribution in [0.25, 0.3) is 0 Å². The highest BCUT2D eigenvalue weighted by atomic mass is 16.2. The SMILES string of the molecule is CCNCC1CCN(C(=O)CCCC(C)(C)C)CC1. The predicted octanol–water partition coefficient (Wildman–Crippen LogP) is 3.05. The summed E-state index contributed by atoms with van der Waals surface area (Å²) in [4.78, 5) is 14.2. The van der Waals surface area contributed by atoms with Crippen LogP contribution < -0.4 is 5.32 Å². The van der Waals surface area contributed by atoms with Crippen molar-refractivity contribution in [2.45, 2.75) is 59.8 Å². The summed E-state index contributed by atoms with van der Waals surface area (Å²) >= 11 is 0. The zero-order chi connectivity index (χ0) is 14.3. The van der Waals surface area contributed by atoms with Crippen molar-refractivity contribution in [2.75, 3.05) is 26.2 Å². The Morgan fingerprint density at radius 3 is 2.42 bits per heavy atom. The first-order chi connectivity index (χ1) is 8.92. The summed E-state index contributed by atoms with van der Waals surface area (Å²) in [6.07, 6.45) is 5.22. The van der Waals surface area contributed by atoms with Gasteiger partial charge in [0.25, 0.3) is 0 Å². The molecule has 1 aliphatic rings. The molecule has 0 aromatic carbocycles. The van der Waals surface area contributed by atoms with Gasteiger partial charge in [-0.05, 0) is 50.1 Å². The van der Waals surface area contributed by atoms with Crippen LogP contribution in [0.3, 0.4) is 0 Å². The largest absolute Gasteiger partial charge is 0.343 e. The molecule has 1 amide bonds. The molecule has 112 valence electrons. The fourth-order valence-electron chi connectivity index (χ4n) is 2.66. The van der Waals surface area contributed by atoms with Crippen LogP contribution in [0.15, 0.2) is 0 Å². The summed E-state index contributed by atoms with van der Waals surface area (Å²) in [5.41, 5.74) is 0.346. The molecule has 0 saturated carbocycles. The molecule has 0 bridgehead atoms. The number of amides is 1. The number of likely N-dealkylation sites (tertiary alicyclic amines) is 1. The number of rotatable bonds is 6. The second-order valence-corrected chi connectivity index (χ2v) is 7.05. The maximum atomic E-state index is 12.1. The van der Waals surface area contributed by atoms with Gasteiger partial charge in [-0.2, -0.15) is 0 Å². The average molecular weight is 268 g/mol. The molecule has 1 rings (SSSR count).